The number of rotatable bonds is 1. The second kappa shape index (κ2) is 3.82. The molecule has 2 rings (SSSR count). The Labute approximate surface area is 93.0 Å². The molecule has 0 atom stereocenters. The summed E-state index contributed by atoms with van der Waals surface area (Å²) in [4.78, 5) is 6.85. The maximum absolute atomic E-state index is 5.83. The minimum Gasteiger partial charge on any atom is -0.385 e. The fraction of sp³-hybridized carbons (Fsp3) is 0.0909. The lowest BCUT2D eigenvalue weighted by atomic mass is 10.1. The number of nitrogen functional groups attached to an aromatic ring is 1. The van der Waals surface area contributed by atoms with Crippen molar-refractivity contribution in [1.82, 2.24) is 9.97 Å². The zero-order chi connectivity index (χ0) is 10.8. The molecule has 0 aliphatic carbocycles. The van der Waals surface area contributed by atoms with Gasteiger partial charge in [-0.3, -0.25) is 0 Å². The predicted octanol–water partition coefficient (Wildman–Crippen LogP) is 2.70. The molecule has 0 fully saturated rings. The van der Waals surface area contributed by atoms with Crippen LogP contribution in [0, 0.1) is 11.7 Å². The molecule has 0 aliphatic heterocycles. The van der Waals surface area contributed by atoms with Crippen LogP contribution in [0.25, 0.3) is 11.1 Å². The van der Waals surface area contributed by atoms with Crippen molar-refractivity contribution in [2.24, 2.45) is 0 Å². The number of benzene rings is 1. The fourth-order valence-electron chi connectivity index (χ4n) is 1.37. The van der Waals surface area contributed by atoms with E-state index in [2.05, 4.69) is 9.97 Å². The molecule has 0 unspecified atom stereocenters. The van der Waals surface area contributed by atoms with Crippen LogP contribution < -0.4 is 5.73 Å². The van der Waals surface area contributed by atoms with Gasteiger partial charge in [0.1, 0.15) is 5.82 Å². The molecule has 15 heavy (non-hydrogen) atoms. The zero-order valence-corrected chi connectivity index (χ0v) is 9.14. The minimum absolute atomic E-state index is 0.406. The molecular weight excluding hydrogens is 206 g/mol. The summed E-state index contributed by atoms with van der Waals surface area (Å²) in [5.74, 6) is 0.554. The normalized spacial score (nSPS) is 10.2. The maximum Gasteiger partial charge on any atom is 0.198 e. The molecule has 0 amide bonds. The lowest BCUT2D eigenvalue weighted by Gasteiger charge is -2.04. The van der Waals surface area contributed by atoms with Crippen molar-refractivity contribution < 1.29 is 0 Å². The van der Waals surface area contributed by atoms with Gasteiger partial charge in [-0.25, -0.2) is 4.98 Å². The van der Waals surface area contributed by atoms with E-state index in [-0.39, 0.29) is 0 Å². The second-order valence-electron chi connectivity index (χ2n) is 3.38. The third-order valence-corrected chi connectivity index (χ3v) is 2.41. The highest BCUT2D eigenvalue weighted by Crippen LogP contribution is 2.22. The van der Waals surface area contributed by atoms with Crippen LogP contribution in [0.1, 0.15) is 5.56 Å². The van der Waals surface area contributed by atoms with E-state index in [9.17, 15) is 0 Å². The summed E-state index contributed by atoms with van der Waals surface area (Å²) < 4.78 is 0.406. The Morgan fingerprint density at radius 1 is 1.27 bits per heavy atom. The second-order valence-corrected chi connectivity index (χ2v) is 3.77. The van der Waals surface area contributed by atoms with Crippen LogP contribution >= 0.6 is 12.2 Å². The number of nitrogens with two attached hydrogens (primary N) is 1. The molecule has 3 nitrogen and oxygen atoms in total. The number of aromatic amines is 1. The Bertz CT molecular complexity index is 528. The summed E-state index contributed by atoms with van der Waals surface area (Å²) >= 11 is 4.88. The number of aromatic nitrogens is 2. The first kappa shape index (κ1) is 9.86. The molecule has 0 saturated heterocycles. The standard InChI is InChI=1S/C11H11N3S/c1-7-2-4-8(5-3-7)9-6-13-11(15)14-10(9)12/h2-6H,1H3,(H3,12,13,14,15). The Balaban J connectivity index is 2.54. The van der Waals surface area contributed by atoms with Gasteiger partial charge in [0.05, 0.1) is 0 Å². The van der Waals surface area contributed by atoms with Gasteiger partial charge in [0.25, 0.3) is 0 Å². The number of hydrogen-bond acceptors (Lipinski definition) is 3. The molecular formula is C11H11N3S. The average molecular weight is 217 g/mol. The lowest BCUT2D eigenvalue weighted by Crippen LogP contribution is -1.96. The number of hydrogen-bond donors (Lipinski definition) is 2. The molecule has 4 heteroatoms. The van der Waals surface area contributed by atoms with E-state index in [1.165, 1.54) is 5.56 Å². The van der Waals surface area contributed by atoms with Crippen molar-refractivity contribution >= 4 is 18.0 Å². The Morgan fingerprint density at radius 2 is 1.93 bits per heavy atom. The third kappa shape index (κ3) is 2.05. The molecule has 2 aromatic rings. The number of aryl methyl sites for hydroxylation is 1. The Hall–Kier alpha value is -1.68. The van der Waals surface area contributed by atoms with E-state index >= 15 is 0 Å². The highest BCUT2D eigenvalue weighted by atomic mass is 32.1. The molecule has 1 aromatic carbocycles. The topological polar surface area (TPSA) is 54.7 Å². The van der Waals surface area contributed by atoms with Crippen molar-refractivity contribution in [1.29, 1.82) is 0 Å². The monoisotopic (exact) mass is 217 g/mol. The first-order valence-electron chi connectivity index (χ1n) is 4.58. The first-order valence-corrected chi connectivity index (χ1v) is 4.99. The first-order chi connectivity index (χ1) is 7.16. The molecule has 1 aromatic heterocycles. The zero-order valence-electron chi connectivity index (χ0n) is 8.32. The number of anilines is 1. The van der Waals surface area contributed by atoms with Crippen LogP contribution in [-0.2, 0) is 0 Å². The lowest BCUT2D eigenvalue weighted by molar-refractivity contribution is 1.15. The van der Waals surface area contributed by atoms with Crippen LogP contribution in [0.4, 0.5) is 5.82 Å². The maximum atomic E-state index is 5.83. The molecule has 0 saturated carbocycles. The van der Waals surface area contributed by atoms with Gasteiger partial charge in [-0.2, -0.15) is 0 Å². The average Bonchev–Trinajstić information content (AvgIpc) is 2.20. The Kier molecular flexibility index (Phi) is 2.51. The van der Waals surface area contributed by atoms with Crippen molar-refractivity contribution in [2.75, 3.05) is 5.73 Å². The van der Waals surface area contributed by atoms with E-state index < -0.39 is 0 Å². The highest BCUT2D eigenvalue weighted by Gasteiger charge is 2.02. The van der Waals surface area contributed by atoms with Crippen LogP contribution in [0.3, 0.4) is 0 Å². The summed E-state index contributed by atoms with van der Waals surface area (Å²) in [6, 6.07) is 8.10. The smallest absolute Gasteiger partial charge is 0.198 e. The highest BCUT2D eigenvalue weighted by molar-refractivity contribution is 7.71. The summed E-state index contributed by atoms with van der Waals surface area (Å²) in [5.41, 5.74) is 8.96. The summed E-state index contributed by atoms with van der Waals surface area (Å²) in [5, 5.41) is 0. The largest absolute Gasteiger partial charge is 0.385 e. The van der Waals surface area contributed by atoms with Crippen molar-refractivity contribution in [3.05, 3.63) is 40.8 Å². The fourth-order valence-corrected chi connectivity index (χ4v) is 1.53. The van der Waals surface area contributed by atoms with Crippen LogP contribution in [0.15, 0.2) is 30.5 Å². The number of H-pyrrole nitrogens is 1. The van der Waals surface area contributed by atoms with Crippen molar-refractivity contribution in [3.8, 4) is 11.1 Å². The van der Waals surface area contributed by atoms with Gasteiger partial charge in [-0.05, 0) is 24.7 Å². The van der Waals surface area contributed by atoms with Crippen LogP contribution in [-0.4, -0.2) is 9.97 Å². The summed E-state index contributed by atoms with van der Waals surface area (Å²) in [6.45, 7) is 2.05. The van der Waals surface area contributed by atoms with Crippen molar-refractivity contribution in [2.45, 2.75) is 6.92 Å². The van der Waals surface area contributed by atoms with Crippen LogP contribution in [0.5, 0.6) is 0 Å². The van der Waals surface area contributed by atoms with E-state index in [1.54, 1.807) is 6.20 Å². The van der Waals surface area contributed by atoms with Gasteiger partial charge >= 0.3 is 0 Å². The van der Waals surface area contributed by atoms with Gasteiger partial charge in [0.15, 0.2) is 4.77 Å². The number of nitrogens with zero attached hydrogens (tertiary/aromatic N) is 1. The van der Waals surface area contributed by atoms with Gasteiger partial charge < -0.3 is 10.7 Å². The molecule has 3 N–H and O–H groups in total. The SMILES string of the molecule is Cc1ccc(-c2cnc(=S)[nH]c2N)cc1. The quantitative estimate of drug-likeness (QED) is 0.722. The Morgan fingerprint density at radius 3 is 2.53 bits per heavy atom. The van der Waals surface area contributed by atoms with Gasteiger partial charge in [-0.1, -0.05) is 29.8 Å². The molecule has 0 radical (unpaired) electrons. The van der Waals surface area contributed by atoms with Gasteiger partial charge in [0.2, 0.25) is 0 Å². The van der Waals surface area contributed by atoms with E-state index in [1.807, 2.05) is 31.2 Å². The van der Waals surface area contributed by atoms with Crippen LogP contribution in [0.2, 0.25) is 0 Å². The van der Waals surface area contributed by atoms with Gasteiger partial charge in [-0.15, -0.1) is 0 Å². The predicted molar refractivity (Wildman–Crippen MR) is 64.0 cm³/mol. The van der Waals surface area contributed by atoms with E-state index in [0.29, 0.717) is 10.6 Å². The molecule has 1 heterocycles. The van der Waals surface area contributed by atoms with Gasteiger partial charge in [0, 0.05) is 11.8 Å². The number of nitrogens with one attached hydrogen (secondary N) is 1. The summed E-state index contributed by atoms with van der Waals surface area (Å²) in [7, 11) is 0. The third-order valence-electron chi connectivity index (χ3n) is 2.21. The molecule has 0 spiro atoms. The molecule has 0 aliphatic rings. The summed E-state index contributed by atoms with van der Waals surface area (Å²) in [6.07, 6.45) is 1.69. The molecule has 76 valence electrons. The minimum atomic E-state index is 0.406. The van der Waals surface area contributed by atoms with E-state index in [4.69, 9.17) is 18.0 Å². The van der Waals surface area contributed by atoms with E-state index in [0.717, 1.165) is 11.1 Å². The molecule has 0 bridgehead atoms. The van der Waals surface area contributed by atoms with Crippen molar-refractivity contribution in [3.63, 3.8) is 0 Å².